The molecular weight excluding hydrogens is 262 g/mol. The molecular formula is C17H27N3O. The molecule has 1 aromatic carbocycles. The third-order valence-electron chi connectivity index (χ3n) is 4.72. The van der Waals surface area contributed by atoms with Crippen LogP contribution in [-0.4, -0.2) is 17.1 Å². The molecule has 4 nitrogen and oxygen atoms in total. The highest BCUT2D eigenvalue weighted by Gasteiger charge is 2.19. The van der Waals surface area contributed by atoms with Gasteiger partial charge in [0.2, 0.25) is 0 Å². The van der Waals surface area contributed by atoms with Gasteiger partial charge in [0.1, 0.15) is 0 Å². The molecule has 0 saturated heterocycles. The Kier molecular flexibility index (Phi) is 5.62. The number of nitrogens with zero attached hydrogens (tertiary/aromatic N) is 1. The second-order valence-electron chi connectivity index (χ2n) is 6.19. The predicted octanol–water partition coefficient (Wildman–Crippen LogP) is 3.15. The third-order valence-corrected chi connectivity index (χ3v) is 4.72. The van der Waals surface area contributed by atoms with Crippen molar-refractivity contribution in [2.45, 2.75) is 58.5 Å². The molecule has 116 valence electrons. The minimum absolute atomic E-state index is 0.160. The van der Waals surface area contributed by atoms with Gasteiger partial charge in [-0.25, -0.2) is 0 Å². The number of nitrogens with two attached hydrogens (primary N) is 1. The Morgan fingerprint density at radius 1 is 1.38 bits per heavy atom. The maximum Gasteiger partial charge on any atom is 0.170 e. The van der Waals surface area contributed by atoms with Crippen molar-refractivity contribution >= 4 is 5.84 Å². The second kappa shape index (κ2) is 7.46. The Bertz CT molecular complexity index is 493. The van der Waals surface area contributed by atoms with Gasteiger partial charge in [0.25, 0.3) is 0 Å². The quantitative estimate of drug-likeness (QED) is 0.337. The molecule has 0 radical (unpaired) electrons. The van der Waals surface area contributed by atoms with Gasteiger partial charge >= 0.3 is 0 Å². The summed E-state index contributed by atoms with van der Waals surface area (Å²) in [4.78, 5) is 0. The minimum atomic E-state index is 0.160. The summed E-state index contributed by atoms with van der Waals surface area (Å²) in [5, 5.41) is 15.4. The lowest BCUT2D eigenvalue weighted by atomic mass is 9.84. The third kappa shape index (κ3) is 4.21. The van der Waals surface area contributed by atoms with E-state index in [1.54, 1.807) is 0 Å². The number of oxime groups is 1. The van der Waals surface area contributed by atoms with Crippen LogP contribution in [-0.2, 0) is 6.54 Å². The Morgan fingerprint density at radius 3 is 2.71 bits per heavy atom. The fourth-order valence-corrected chi connectivity index (χ4v) is 3.18. The number of aryl methyl sites for hydroxylation is 1. The van der Waals surface area contributed by atoms with Crippen LogP contribution in [0.3, 0.4) is 0 Å². The lowest BCUT2D eigenvalue weighted by Gasteiger charge is -2.28. The molecule has 1 aliphatic rings. The SMILES string of the molecule is Cc1cc(/C(N)=N/O)ccc1CN[C@@H](C)C1CCCCC1. The first kappa shape index (κ1) is 15.8. The van der Waals surface area contributed by atoms with Crippen LogP contribution in [0.15, 0.2) is 23.4 Å². The van der Waals surface area contributed by atoms with Crippen LogP contribution in [0.2, 0.25) is 0 Å². The van der Waals surface area contributed by atoms with Gasteiger partial charge < -0.3 is 16.3 Å². The van der Waals surface area contributed by atoms with E-state index < -0.39 is 0 Å². The Morgan fingerprint density at radius 2 is 2.10 bits per heavy atom. The average molecular weight is 289 g/mol. The van der Waals surface area contributed by atoms with Crippen LogP contribution in [0.1, 0.15) is 55.7 Å². The smallest absolute Gasteiger partial charge is 0.170 e. The molecule has 2 rings (SSSR count). The molecule has 4 N–H and O–H groups in total. The number of amidine groups is 1. The number of benzene rings is 1. The summed E-state index contributed by atoms with van der Waals surface area (Å²) in [6.45, 7) is 5.24. The highest BCUT2D eigenvalue weighted by molar-refractivity contribution is 5.97. The van der Waals surface area contributed by atoms with Crippen molar-refractivity contribution in [1.29, 1.82) is 0 Å². The zero-order valence-electron chi connectivity index (χ0n) is 13.1. The number of rotatable bonds is 5. The van der Waals surface area contributed by atoms with Gasteiger partial charge in [-0.3, -0.25) is 0 Å². The summed E-state index contributed by atoms with van der Waals surface area (Å²) in [7, 11) is 0. The van der Waals surface area contributed by atoms with E-state index in [4.69, 9.17) is 10.9 Å². The van der Waals surface area contributed by atoms with Crippen LogP contribution < -0.4 is 11.1 Å². The maximum absolute atomic E-state index is 8.72. The van der Waals surface area contributed by atoms with Crippen molar-refractivity contribution in [2.24, 2.45) is 16.8 Å². The molecule has 0 heterocycles. The lowest BCUT2D eigenvalue weighted by molar-refractivity contribution is 0.280. The number of hydrogen-bond donors (Lipinski definition) is 3. The summed E-state index contributed by atoms with van der Waals surface area (Å²) in [6.07, 6.45) is 6.87. The molecule has 1 saturated carbocycles. The van der Waals surface area contributed by atoms with E-state index in [-0.39, 0.29) is 5.84 Å². The van der Waals surface area contributed by atoms with E-state index in [9.17, 15) is 0 Å². The molecule has 21 heavy (non-hydrogen) atoms. The molecule has 0 aliphatic heterocycles. The summed E-state index contributed by atoms with van der Waals surface area (Å²) < 4.78 is 0. The molecule has 1 aromatic rings. The number of nitrogens with one attached hydrogen (secondary N) is 1. The van der Waals surface area contributed by atoms with Crippen molar-refractivity contribution in [1.82, 2.24) is 5.32 Å². The molecule has 1 fully saturated rings. The van der Waals surface area contributed by atoms with Crippen LogP contribution in [0.25, 0.3) is 0 Å². The topological polar surface area (TPSA) is 70.6 Å². The fourth-order valence-electron chi connectivity index (χ4n) is 3.18. The first-order valence-corrected chi connectivity index (χ1v) is 7.92. The van der Waals surface area contributed by atoms with Gasteiger partial charge in [-0.15, -0.1) is 0 Å². The zero-order chi connectivity index (χ0) is 15.2. The Hall–Kier alpha value is -1.55. The molecule has 1 atom stereocenters. The fraction of sp³-hybridized carbons (Fsp3) is 0.588. The van der Waals surface area contributed by atoms with Crippen molar-refractivity contribution in [3.8, 4) is 0 Å². The second-order valence-corrected chi connectivity index (χ2v) is 6.19. The summed E-state index contributed by atoms with van der Waals surface area (Å²) in [6, 6.07) is 6.50. The van der Waals surface area contributed by atoms with Gasteiger partial charge in [0.05, 0.1) is 0 Å². The first-order valence-electron chi connectivity index (χ1n) is 7.92. The van der Waals surface area contributed by atoms with Crippen molar-refractivity contribution in [3.05, 3.63) is 34.9 Å². The number of hydrogen-bond acceptors (Lipinski definition) is 3. The summed E-state index contributed by atoms with van der Waals surface area (Å²) in [5.41, 5.74) is 8.82. The van der Waals surface area contributed by atoms with Gasteiger partial charge in [-0.05, 0) is 49.8 Å². The Balaban J connectivity index is 1.93. The predicted molar refractivity (Wildman–Crippen MR) is 86.6 cm³/mol. The summed E-state index contributed by atoms with van der Waals surface area (Å²) in [5.74, 6) is 0.976. The normalized spacial score (nSPS) is 18.7. The van der Waals surface area contributed by atoms with E-state index in [0.29, 0.717) is 6.04 Å². The van der Waals surface area contributed by atoms with Gasteiger partial charge in [-0.1, -0.05) is 36.6 Å². The molecule has 0 bridgehead atoms. The van der Waals surface area contributed by atoms with E-state index in [0.717, 1.165) is 18.0 Å². The van der Waals surface area contributed by atoms with Crippen molar-refractivity contribution in [3.63, 3.8) is 0 Å². The van der Waals surface area contributed by atoms with E-state index in [2.05, 4.69) is 30.4 Å². The van der Waals surface area contributed by atoms with E-state index in [1.165, 1.54) is 43.2 Å². The minimum Gasteiger partial charge on any atom is -0.409 e. The highest BCUT2D eigenvalue weighted by Crippen LogP contribution is 2.26. The largest absolute Gasteiger partial charge is 0.409 e. The first-order chi connectivity index (χ1) is 10.1. The monoisotopic (exact) mass is 289 g/mol. The van der Waals surface area contributed by atoms with Crippen LogP contribution in [0, 0.1) is 12.8 Å². The van der Waals surface area contributed by atoms with Gasteiger partial charge in [0.15, 0.2) is 5.84 Å². The molecule has 0 unspecified atom stereocenters. The van der Waals surface area contributed by atoms with E-state index >= 15 is 0 Å². The highest BCUT2D eigenvalue weighted by atomic mass is 16.4. The zero-order valence-corrected chi connectivity index (χ0v) is 13.1. The molecule has 4 heteroatoms. The van der Waals surface area contributed by atoms with E-state index in [1.807, 2.05) is 12.1 Å². The average Bonchev–Trinajstić information content (AvgIpc) is 2.53. The van der Waals surface area contributed by atoms with Gasteiger partial charge in [-0.2, -0.15) is 0 Å². The van der Waals surface area contributed by atoms with Crippen LogP contribution >= 0.6 is 0 Å². The van der Waals surface area contributed by atoms with Crippen LogP contribution in [0.4, 0.5) is 0 Å². The van der Waals surface area contributed by atoms with Crippen molar-refractivity contribution < 1.29 is 5.21 Å². The molecule has 0 aromatic heterocycles. The molecule has 0 spiro atoms. The van der Waals surface area contributed by atoms with Crippen LogP contribution in [0.5, 0.6) is 0 Å². The summed E-state index contributed by atoms with van der Waals surface area (Å²) >= 11 is 0. The van der Waals surface area contributed by atoms with Gasteiger partial charge in [0, 0.05) is 18.2 Å². The standard InChI is InChI=1S/C17H27N3O/c1-12-10-15(17(18)20-21)8-9-16(12)11-19-13(2)14-6-4-3-5-7-14/h8-10,13-14,19,21H,3-7,11H2,1-2H3,(H2,18,20)/t13-/m0/s1. The maximum atomic E-state index is 8.72. The molecule has 1 aliphatic carbocycles. The Labute approximate surface area is 127 Å². The lowest BCUT2D eigenvalue weighted by Crippen LogP contribution is -2.34. The molecule has 0 amide bonds. The van der Waals surface area contributed by atoms with Crippen molar-refractivity contribution in [2.75, 3.05) is 0 Å².